The highest BCUT2D eigenvalue weighted by Gasteiger charge is 2.26. The molecule has 0 radical (unpaired) electrons. The average molecular weight is 248 g/mol. The van der Waals surface area contributed by atoms with Gasteiger partial charge >= 0.3 is 0 Å². The first-order chi connectivity index (χ1) is 8.32. The van der Waals surface area contributed by atoms with Gasteiger partial charge in [-0.25, -0.2) is 0 Å². The van der Waals surface area contributed by atoms with Crippen LogP contribution in [0.25, 0.3) is 0 Å². The second-order valence-corrected chi connectivity index (χ2v) is 5.81. The molecule has 3 nitrogen and oxygen atoms in total. The predicted molar refractivity (Wildman–Crippen MR) is 75.3 cm³/mol. The van der Waals surface area contributed by atoms with Crippen molar-refractivity contribution in [2.45, 2.75) is 40.2 Å². The maximum Gasteiger partial charge on any atom is 0.237 e. The molecule has 0 aliphatic rings. The lowest BCUT2D eigenvalue weighted by Gasteiger charge is -2.25. The van der Waals surface area contributed by atoms with Crippen LogP contribution in [0.4, 0.5) is 0 Å². The molecule has 100 valence electrons. The molecule has 0 fully saturated rings. The fourth-order valence-electron chi connectivity index (χ4n) is 1.71. The van der Waals surface area contributed by atoms with Crippen LogP contribution in [0.5, 0.6) is 0 Å². The van der Waals surface area contributed by atoms with E-state index < -0.39 is 6.04 Å². The Labute approximate surface area is 110 Å². The maximum atomic E-state index is 11.8. The standard InChI is InChI=1S/C15H24N2O/c1-11-7-5-6-8-12(11)9-10-17-14(18)13(16)15(2,3)4/h5-8,13H,9-10,16H2,1-4H3,(H,17,18)/t13-/m0/s1. The number of carbonyl (C=O) groups is 1. The number of hydrogen-bond donors (Lipinski definition) is 2. The Hall–Kier alpha value is -1.35. The molecular weight excluding hydrogens is 224 g/mol. The van der Waals surface area contributed by atoms with Crippen LogP contribution in [-0.2, 0) is 11.2 Å². The van der Waals surface area contributed by atoms with Gasteiger partial charge < -0.3 is 11.1 Å². The smallest absolute Gasteiger partial charge is 0.237 e. The van der Waals surface area contributed by atoms with Crippen molar-refractivity contribution in [3.05, 3.63) is 35.4 Å². The van der Waals surface area contributed by atoms with Crippen LogP contribution in [0, 0.1) is 12.3 Å². The van der Waals surface area contributed by atoms with E-state index in [1.807, 2.05) is 32.9 Å². The molecule has 0 heterocycles. The van der Waals surface area contributed by atoms with E-state index >= 15 is 0 Å². The largest absolute Gasteiger partial charge is 0.354 e. The summed E-state index contributed by atoms with van der Waals surface area (Å²) in [5.41, 5.74) is 8.21. The molecule has 0 aliphatic carbocycles. The molecule has 1 amide bonds. The van der Waals surface area contributed by atoms with E-state index in [0.29, 0.717) is 6.54 Å². The predicted octanol–water partition coefficient (Wildman–Crippen LogP) is 2.03. The van der Waals surface area contributed by atoms with Gasteiger partial charge in [0, 0.05) is 6.54 Å². The van der Waals surface area contributed by atoms with Crippen molar-refractivity contribution in [3.63, 3.8) is 0 Å². The van der Waals surface area contributed by atoms with Gasteiger partial charge in [-0.15, -0.1) is 0 Å². The van der Waals surface area contributed by atoms with Crippen LogP contribution in [0.3, 0.4) is 0 Å². The van der Waals surface area contributed by atoms with Crippen LogP contribution in [0.2, 0.25) is 0 Å². The molecule has 0 unspecified atom stereocenters. The van der Waals surface area contributed by atoms with Crippen molar-refractivity contribution in [3.8, 4) is 0 Å². The van der Waals surface area contributed by atoms with E-state index in [0.717, 1.165) is 6.42 Å². The molecule has 0 spiro atoms. The van der Waals surface area contributed by atoms with Crippen LogP contribution in [0.15, 0.2) is 24.3 Å². The van der Waals surface area contributed by atoms with Crippen LogP contribution >= 0.6 is 0 Å². The van der Waals surface area contributed by atoms with Crippen molar-refractivity contribution in [2.24, 2.45) is 11.1 Å². The fraction of sp³-hybridized carbons (Fsp3) is 0.533. The lowest BCUT2D eigenvalue weighted by Crippen LogP contribution is -2.49. The number of rotatable bonds is 4. The van der Waals surface area contributed by atoms with Crippen LogP contribution in [0.1, 0.15) is 31.9 Å². The van der Waals surface area contributed by atoms with E-state index in [4.69, 9.17) is 5.73 Å². The SMILES string of the molecule is Cc1ccccc1CCNC(=O)[C@H](N)C(C)(C)C. The lowest BCUT2D eigenvalue weighted by molar-refractivity contribution is -0.124. The number of nitrogens with one attached hydrogen (secondary N) is 1. The van der Waals surface area contributed by atoms with Gasteiger partial charge in [-0.3, -0.25) is 4.79 Å². The number of benzene rings is 1. The van der Waals surface area contributed by atoms with Gasteiger partial charge in [0.1, 0.15) is 0 Å². The summed E-state index contributed by atoms with van der Waals surface area (Å²) in [5.74, 6) is -0.0731. The second-order valence-electron chi connectivity index (χ2n) is 5.81. The number of carbonyl (C=O) groups excluding carboxylic acids is 1. The third-order valence-electron chi connectivity index (χ3n) is 3.17. The molecule has 0 saturated carbocycles. The zero-order valence-electron chi connectivity index (χ0n) is 11.8. The minimum absolute atomic E-state index is 0.0731. The Morgan fingerprint density at radius 3 is 2.50 bits per heavy atom. The number of hydrogen-bond acceptors (Lipinski definition) is 2. The second kappa shape index (κ2) is 6.01. The van der Waals surface area contributed by atoms with E-state index in [1.54, 1.807) is 0 Å². The van der Waals surface area contributed by atoms with Gasteiger partial charge in [-0.2, -0.15) is 0 Å². The van der Waals surface area contributed by atoms with Crippen molar-refractivity contribution in [1.29, 1.82) is 0 Å². The normalized spacial score (nSPS) is 13.2. The number of nitrogens with two attached hydrogens (primary N) is 1. The van der Waals surface area contributed by atoms with Gasteiger partial charge in [0.15, 0.2) is 0 Å². The quantitative estimate of drug-likeness (QED) is 0.856. The molecule has 1 aromatic rings. The highest BCUT2D eigenvalue weighted by molar-refractivity contribution is 5.82. The Morgan fingerprint density at radius 2 is 1.94 bits per heavy atom. The molecule has 0 aliphatic heterocycles. The molecule has 0 saturated heterocycles. The lowest BCUT2D eigenvalue weighted by atomic mass is 9.87. The van der Waals surface area contributed by atoms with Crippen molar-refractivity contribution >= 4 is 5.91 Å². The highest BCUT2D eigenvalue weighted by atomic mass is 16.2. The molecule has 18 heavy (non-hydrogen) atoms. The molecular formula is C15H24N2O. The first-order valence-corrected chi connectivity index (χ1v) is 6.40. The minimum atomic E-state index is -0.464. The van der Waals surface area contributed by atoms with Gasteiger partial charge in [-0.05, 0) is 29.9 Å². The Balaban J connectivity index is 2.43. The Morgan fingerprint density at radius 1 is 1.33 bits per heavy atom. The number of aryl methyl sites for hydroxylation is 1. The molecule has 1 aromatic carbocycles. The summed E-state index contributed by atoms with van der Waals surface area (Å²) in [6, 6.07) is 7.75. The molecule has 0 bridgehead atoms. The molecule has 3 heteroatoms. The average Bonchev–Trinajstić information content (AvgIpc) is 2.29. The maximum absolute atomic E-state index is 11.8. The summed E-state index contributed by atoms with van der Waals surface area (Å²) in [5, 5.41) is 2.90. The van der Waals surface area contributed by atoms with Gasteiger partial charge in [0.2, 0.25) is 5.91 Å². The van der Waals surface area contributed by atoms with E-state index in [1.165, 1.54) is 11.1 Å². The number of amides is 1. The van der Waals surface area contributed by atoms with Gasteiger partial charge in [0.05, 0.1) is 6.04 Å². The summed E-state index contributed by atoms with van der Waals surface area (Å²) < 4.78 is 0. The first-order valence-electron chi connectivity index (χ1n) is 6.40. The van der Waals surface area contributed by atoms with E-state index in [2.05, 4.69) is 24.4 Å². The van der Waals surface area contributed by atoms with Crippen molar-refractivity contribution < 1.29 is 4.79 Å². The fourth-order valence-corrected chi connectivity index (χ4v) is 1.71. The van der Waals surface area contributed by atoms with Crippen molar-refractivity contribution in [1.82, 2.24) is 5.32 Å². The summed E-state index contributed by atoms with van der Waals surface area (Å²) in [7, 11) is 0. The molecule has 1 atom stereocenters. The van der Waals surface area contributed by atoms with Gasteiger partial charge in [0.25, 0.3) is 0 Å². The first kappa shape index (κ1) is 14.7. The Bertz CT molecular complexity index is 407. The van der Waals surface area contributed by atoms with Crippen LogP contribution in [-0.4, -0.2) is 18.5 Å². The summed E-state index contributed by atoms with van der Waals surface area (Å²) in [6.45, 7) is 8.63. The van der Waals surface area contributed by atoms with E-state index in [9.17, 15) is 4.79 Å². The third-order valence-corrected chi connectivity index (χ3v) is 3.17. The van der Waals surface area contributed by atoms with Crippen molar-refractivity contribution in [2.75, 3.05) is 6.54 Å². The molecule has 3 N–H and O–H groups in total. The summed E-state index contributed by atoms with van der Waals surface area (Å²) in [4.78, 5) is 11.8. The monoisotopic (exact) mass is 248 g/mol. The minimum Gasteiger partial charge on any atom is -0.354 e. The van der Waals surface area contributed by atoms with E-state index in [-0.39, 0.29) is 11.3 Å². The van der Waals surface area contributed by atoms with Crippen LogP contribution < -0.4 is 11.1 Å². The third kappa shape index (κ3) is 4.15. The van der Waals surface area contributed by atoms with Gasteiger partial charge in [-0.1, -0.05) is 45.0 Å². The zero-order valence-corrected chi connectivity index (χ0v) is 11.8. The zero-order chi connectivity index (χ0) is 13.8. The highest BCUT2D eigenvalue weighted by Crippen LogP contribution is 2.17. The molecule has 0 aromatic heterocycles. The summed E-state index contributed by atoms with van der Waals surface area (Å²) in [6.07, 6.45) is 0.843. The Kier molecular flexibility index (Phi) is 4.91. The molecule has 1 rings (SSSR count). The topological polar surface area (TPSA) is 55.1 Å². The summed E-state index contributed by atoms with van der Waals surface area (Å²) >= 11 is 0.